The van der Waals surface area contributed by atoms with Crippen molar-refractivity contribution >= 4 is 61.5 Å². The molecule has 0 aliphatic heterocycles. The van der Waals surface area contributed by atoms with Crippen LogP contribution in [0.25, 0.3) is 10.8 Å². The van der Waals surface area contributed by atoms with E-state index in [0.29, 0.717) is 33.1 Å². The molecular formula is C28H33Cl2N3O4S. The molecule has 0 radical (unpaired) electrons. The fraction of sp³-hybridized carbons (Fsp3) is 0.357. The zero-order chi connectivity index (χ0) is 28.0. The summed E-state index contributed by atoms with van der Waals surface area (Å²) < 4.78 is 27.1. The molecule has 3 aromatic carbocycles. The molecule has 0 aliphatic rings. The van der Waals surface area contributed by atoms with Gasteiger partial charge in [-0.05, 0) is 48.9 Å². The van der Waals surface area contributed by atoms with E-state index in [0.717, 1.165) is 22.4 Å². The highest BCUT2D eigenvalue weighted by atomic mass is 35.5. The third-order valence-electron chi connectivity index (χ3n) is 6.46. The summed E-state index contributed by atoms with van der Waals surface area (Å²) >= 11 is 12.5. The van der Waals surface area contributed by atoms with Gasteiger partial charge in [0.05, 0.1) is 11.9 Å². The molecule has 0 aliphatic carbocycles. The number of sulfonamides is 1. The van der Waals surface area contributed by atoms with E-state index in [9.17, 15) is 18.0 Å². The number of nitrogens with zero attached hydrogens (tertiary/aromatic N) is 2. The highest BCUT2D eigenvalue weighted by Crippen LogP contribution is 2.29. The van der Waals surface area contributed by atoms with Crippen molar-refractivity contribution in [2.45, 2.75) is 52.2 Å². The lowest BCUT2D eigenvalue weighted by molar-refractivity contribution is -0.140. The summed E-state index contributed by atoms with van der Waals surface area (Å²) in [6.45, 7) is 5.18. The summed E-state index contributed by atoms with van der Waals surface area (Å²) in [5.41, 5.74) is 0.982. The maximum absolute atomic E-state index is 13.9. The number of amides is 2. The standard InChI is InChI=1S/C28H33Cl2N3O4S/c1-5-19(3)31-28(35)25(6-2)32(17-21-14-15-22(29)16-24(21)30)27(34)18-33(38(4,36)37)26-13-9-11-20-10-7-8-12-23(20)26/h7-16,19,25H,5-6,17-18H2,1-4H3,(H,31,35). The zero-order valence-corrected chi connectivity index (χ0v) is 24.3. The predicted molar refractivity (Wildman–Crippen MR) is 155 cm³/mol. The van der Waals surface area contributed by atoms with E-state index in [4.69, 9.17) is 23.2 Å². The molecule has 0 saturated carbocycles. The van der Waals surface area contributed by atoms with Gasteiger partial charge in [0.2, 0.25) is 21.8 Å². The zero-order valence-electron chi connectivity index (χ0n) is 21.9. The molecule has 0 saturated heterocycles. The van der Waals surface area contributed by atoms with Crippen LogP contribution in [0.1, 0.15) is 39.2 Å². The number of nitrogens with one attached hydrogen (secondary N) is 1. The van der Waals surface area contributed by atoms with E-state index in [1.165, 1.54) is 4.90 Å². The Morgan fingerprint density at radius 3 is 2.29 bits per heavy atom. The molecular weight excluding hydrogens is 545 g/mol. The Morgan fingerprint density at radius 1 is 0.974 bits per heavy atom. The summed E-state index contributed by atoms with van der Waals surface area (Å²) in [5, 5.41) is 5.28. The van der Waals surface area contributed by atoms with Crippen molar-refractivity contribution in [3.8, 4) is 0 Å². The van der Waals surface area contributed by atoms with Crippen molar-refractivity contribution in [3.63, 3.8) is 0 Å². The Bertz CT molecular complexity index is 1410. The lowest BCUT2D eigenvalue weighted by atomic mass is 10.1. The van der Waals surface area contributed by atoms with Crippen molar-refractivity contribution in [2.75, 3.05) is 17.1 Å². The molecule has 0 heterocycles. The van der Waals surface area contributed by atoms with Crippen molar-refractivity contribution in [3.05, 3.63) is 76.3 Å². The number of hydrogen-bond acceptors (Lipinski definition) is 4. The summed E-state index contributed by atoms with van der Waals surface area (Å²) in [6.07, 6.45) is 2.11. The SMILES string of the molecule is CCC(C)NC(=O)C(CC)N(Cc1ccc(Cl)cc1Cl)C(=O)CN(c1cccc2ccccc12)S(C)(=O)=O. The minimum atomic E-state index is -3.86. The van der Waals surface area contributed by atoms with Gasteiger partial charge in [0.15, 0.2) is 0 Å². The van der Waals surface area contributed by atoms with Gasteiger partial charge in [0.1, 0.15) is 12.6 Å². The smallest absolute Gasteiger partial charge is 0.244 e. The van der Waals surface area contributed by atoms with Crippen molar-refractivity contribution in [2.24, 2.45) is 0 Å². The van der Waals surface area contributed by atoms with Crippen LogP contribution in [0.4, 0.5) is 5.69 Å². The van der Waals surface area contributed by atoms with Crippen LogP contribution < -0.4 is 9.62 Å². The first kappa shape index (κ1) is 29.7. The van der Waals surface area contributed by atoms with E-state index in [1.54, 1.807) is 30.3 Å². The molecule has 3 rings (SSSR count). The number of hydrogen-bond donors (Lipinski definition) is 1. The molecule has 204 valence electrons. The quantitative estimate of drug-likeness (QED) is 0.319. The van der Waals surface area contributed by atoms with Crippen molar-refractivity contribution in [1.29, 1.82) is 0 Å². The van der Waals surface area contributed by atoms with Crippen LogP contribution in [0.3, 0.4) is 0 Å². The maximum atomic E-state index is 13.9. The fourth-order valence-electron chi connectivity index (χ4n) is 4.21. The van der Waals surface area contributed by atoms with E-state index in [2.05, 4.69) is 5.32 Å². The average Bonchev–Trinajstić information content (AvgIpc) is 2.87. The Morgan fingerprint density at radius 2 is 1.66 bits per heavy atom. The molecule has 10 heteroatoms. The third-order valence-corrected chi connectivity index (χ3v) is 8.17. The summed E-state index contributed by atoms with van der Waals surface area (Å²) in [4.78, 5) is 28.6. The van der Waals surface area contributed by atoms with Crippen molar-refractivity contribution in [1.82, 2.24) is 10.2 Å². The first-order valence-corrected chi connectivity index (χ1v) is 15.1. The summed E-state index contributed by atoms with van der Waals surface area (Å²) in [5.74, 6) is -0.836. The molecule has 2 amide bonds. The van der Waals surface area contributed by atoms with Gasteiger partial charge in [0, 0.05) is 28.0 Å². The lowest BCUT2D eigenvalue weighted by Gasteiger charge is -2.33. The average molecular weight is 579 g/mol. The number of carbonyl (C=O) groups excluding carboxylic acids is 2. The molecule has 2 unspecified atom stereocenters. The van der Waals surface area contributed by atoms with Crippen LogP contribution in [-0.4, -0.2) is 50.0 Å². The van der Waals surface area contributed by atoms with E-state index >= 15 is 0 Å². The first-order valence-electron chi connectivity index (χ1n) is 12.5. The minimum Gasteiger partial charge on any atom is -0.352 e. The molecule has 1 N–H and O–H groups in total. The molecule has 0 fully saturated rings. The highest BCUT2D eigenvalue weighted by Gasteiger charge is 2.32. The number of carbonyl (C=O) groups is 2. The second-order valence-corrected chi connectivity index (χ2v) is 12.0. The second-order valence-electron chi connectivity index (χ2n) is 9.27. The van der Waals surface area contributed by atoms with Gasteiger partial charge in [-0.15, -0.1) is 0 Å². The molecule has 0 bridgehead atoms. The van der Waals surface area contributed by atoms with Gasteiger partial charge in [0.25, 0.3) is 0 Å². The second kappa shape index (κ2) is 12.8. The largest absolute Gasteiger partial charge is 0.352 e. The number of anilines is 1. The minimum absolute atomic E-state index is 0.00834. The topological polar surface area (TPSA) is 86.8 Å². The van der Waals surface area contributed by atoms with Crippen LogP contribution in [-0.2, 0) is 26.2 Å². The number of rotatable bonds is 11. The Labute approximate surface area is 234 Å². The first-order chi connectivity index (χ1) is 18.0. The summed E-state index contributed by atoms with van der Waals surface area (Å²) in [6, 6.07) is 16.7. The Kier molecular flexibility index (Phi) is 10.0. The van der Waals surface area contributed by atoms with Gasteiger partial charge in [-0.2, -0.15) is 0 Å². The molecule has 2 atom stereocenters. The predicted octanol–water partition coefficient (Wildman–Crippen LogP) is 5.63. The van der Waals surface area contributed by atoms with E-state index in [-0.39, 0.29) is 18.5 Å². The molecule has 7 nitrogen and oxygen atoms in total. The van der Waals surface area contributed by atoms with Crippen LogP contribution in [0.2, 0.25) is 10.0 Å². The van der Waals surface area contributed by atoms with Gasteiger partial charge in [-0.1, -0.05) is 79.5 Å². The van der Waals surface area contributed by atoms with Crippen LogP contribution in [0.15, 0.2) is 60.7 Å². The van der Waals surface area contributed by atoms with Crippen LogP contribution in [0.5, 0.6) is 0 Å². The van der Waals surface area contributed by atoms with Crippen LogP contribution >= 0.6 is 23.2 Å². The van der Waals surface area contributed by atoms with Gasteiger partial charge < -0.3 is 10.2 Å². The fourth-order valence-corrected chi connectivity index (χ4v) is 5.54. The highest BCUT2D eigenvalue weighted by molar-refractivity contribution is 7.92. The van der Waals surface area contributed by atoms with Crippen molar-refractivity contribution < 1.29 is 18.0 Å². The van der Waals surface area contributed by atoms with E-state index in [1.807, 2.05) is 51.1 Å². The molecule has 0 aromatic heterocycles. The lowest BCUT2D eigenvalue weighted by Crippen LogP contribution is -2.53. The van der Waals surface area contributed by atoms with Gasteiger partial charge in [-0.25, -0.2) is 8.42 Å². The molecule has 0 spiro atoms. The Balaban J connectivity index is 2.05. The summed E-state index contributed by atoms with van der Waals surface area (Å²) in [7, 11) is -3.86. The number of benzene rings is 3. The monoisotopic (exact) mass is 577 g/mol. The van der Waals surface area contributed by atoms with E-state index < -0.39 is 28.5 Å². The molecule has 38 heavy (non-hydrogen) atoms. The number of fused-ring (bicyclic) bond motifs is 1. The van der Waals surface area contributed by atoms with Crippen LogP contribution in [0, 0.1) is 0 Å². The Hall–Kier alpha value is -2.81. The normalized spacial score (nSPS) is 13.1. The third kappa shape index (κ3) is 7.18. The van der Waals surface area contributed by atoms with Gasteiger partial charge >= 0.3 is 0 Å². The maximum Gasteiger partial charge on any atom is 0.244 e. The number of halogens is 2. The molecule has 3 aromatic rings. The van der Waals surface area contributed by atoms with Gasteiger partial charge in [-0.3, -0.25) is 13.9 Å².